The quantitative estimate of drug-likeness (QED) is 0.637. The first kappa shape index (κ1) is 15.7. The summed E-state index contributed by atoms with van der Waals surface area (Å²) in [6.45, 7) is 3.21. The molecule has 0 fully saturated rings. The average molecular weight is 276 g/mol. The maximum Gasteiger partial charge on any atom is 0.181 e. The molecule has 0 aliphatic heterocycles. The third-order valence-electron chi connectivity index (χ3n) is 2.41. The molecule has 0 aliphatic carbocycles. The molecule has 108 valence electrons. The molecular weight excluding hydrogens is 256 g/mol. The lowest BCUT2D eigenvalue weighted by atomic mass is 10.2. The van der Waals surface area contributed by atoms with Gasteiger partial charge in [-0.3, -0.25) is 10.2 Å². The van der Waals surface area contributed by atoms with Crippen molar-refractivity contribution < 1.29 is 9.53 Å². The molecule has 6 nitrogen and oxygen atoms in total. The van der Waals surface area contributed by atoms with Gasteiger partial charge in [-0.15, -0.1) is 0 Å². The molecule has 0 atom stereocenters. The van der Waals surface area contributed by atoms with Crippen LogP contribution in [0.5, 0.6) is 5.75 Å². The Balaban J connectivity index is 2.89. The highest BCUT2D eigenvalue weighted by Gasteiger charge is 2.10. The van der Waals surface area contributed by atoms with Crippen LogP contribution in [0.1, 0.15) is 13.8 Å². The summed E-state index contributed by atoms with van der Waals surface area (Å²) in [6, 6.07) is 7.26. The van der Waals surface area contributed by atoms with E-state index in [0.717, 1.165) is 11.4 Å². The predicted molar refractivity (Wildman–Crippen MR) is 81.5 cm³/mol. The molecule has 0 aromatic heterocycles. The maximum atomic E-state index is 11.6. The van der Waals surface area contributed by atoms with Crippen molar-refractivity contribution in [1.82, 2.24) is 5.01 Å². The molecule has 1 N–H and O–H groups in total. The lowest BCUT2D eigenvalue weighted by molar-refractivity contribution is -0.110. The molecule has 1 rings (SSSR count). The number of nitrogens with zero attached hydrogens (tertiary/aromatic N) is 3. The first-order valence-corrected chi connectivity index (χ1v) is 6.15. The number of rotatable bonds is 6. The Morgan fingerprint density at radius 2 is 1.80 bits per heavy atom. The molecular formula is C14H20N4O2. The van der Waals surface area contributed by atoms with Crippen LogP contribution >= 0.6 is 0 Å². The largest absolute Gasteiger partial charge is 0.497 e. The molecule has 20 heavy (non-hydrogen) atoms. The normalized spacial score (nSPS) is 12.1. The summed E-state index contributed by atoms with van der Waals surface area (Å²) in [5.74, 6) is 0.616. The van der Waals surface area contributed by atoms with Crippen LogP contribution in [0.4, 0.5) is 5.69 Å². The molecule has 0 amide bonds. The lowest BCUT2D eigenvalue weighted by Crippen LogP contribution is -2.23. The third kappa shape index (κ3) is 4.72. The molecule has 0 saturated carbocycles. The number of hydrogen-bond donors (Lipinski definition) is 1. The van der Waals surface area contributed by atoms with E-state index in [9.17, 15) is 4.79 Å². The van der Waals surface area contributed by atoms with Gasteiger partial charge < -0.3 is 9.75 Å². The van der Waals surface area contributed by atoms with Crippen molar-refractivity contribution in [2.75, 3.05) is 26.6 Å². The minimum Gasteiger partial charge on any atom is -0.497 e. The van der Waals surface area contributed by atoms with Crippen molar-refractivity contribution in [3.8, 4) is 5.75 Å². The van der Waals surface area contributed by atoms with Gasteiger partial charge in [-0.2, -0.15) is 10.2 Å². The Hall–Kier alpha value is -2.37. The minimum absolute atomic E-state index is 0.144. The number of hydrogen-bond acceptors (Lipinski definition) is 6. The number of ketones is 1. The molecule has 6 heteroatoms. The summed E-state index contributed by atoms with van der Waals surface area (Å²) in [6.07, 6.45) is 0. The monoisotopic (exact) mass is 276 g/mol. The second kappa shape index (κ2) is 7.28. The van der Waals surface area contributed by atoms with Crippen molar-refractivity contribution in [1.29, 1.82) is 0 Å². The zero-order chi connectivity index (χ0) is 15.1. The number of hydrazone groups is 2. The Morgan fingerprint density at radius 3 is 2.25 bits per heavy atom. The molecule has 0 bridgehead atoms. The Morgan fingerprint density at radius 1 is 1.20 bits per heavy atom. The first-order valence-electron chi connectivity index (χ1n) is 6.15. The highest BCUT2D eigenvalue weighted by Crippen LogP contribution is 2.14. The fraction of sp³-hybridized carbons (Fsp3) is 0.357. The van der Waals surface area contributed by atoms with Crippen LogP contribution in [0.2, 0.25) is 0 Å². The van der Waals surface area contributed by atoms with Gasteiger partial charge in [0.2, 0.25) is 0 Å². The highest BCUT2D eigenvalue weighted by molar-refractivity contribution is 6.66. The number of carbonyl (C=O) groups excluding carboxylic acids is 1. The molecule has 0 aliphatic rings. The van der Waals surface area contributed by atoms with E-state index in [2.05, 4.69) is 15.6 Å². The standard InChI is InChI=1S/C14H20N4O2/c1-10(17-18(3)4)14(11(2)19)16-15-12-6-8-13(20-5)9-7-12/h6-9,15H,1-5H3/b16-14+,17-10?. The van der Waals surface area contributed by atoms with E-state index in [4.69, 9.17) is 4.74 Å². The summed E-state index contributed by atoms with van der Waals surface area (Å²) in [7, 11) is 5.19. The highest BCUT2D eigenvalue weighted by atomic mass is 16.5. The van der Waals surface area contributed by atoms with Gasteiger partial charge in [0, 0.05) is 21.0 Å². The summed E-state index contributed by atoms with van der Waals surface area (Å²) in [5, 5.41) is 9.92. The van der Waals surface area contributed by atoms with Crippen LogP contribution in [-0.2, 0) is 4.79 Å². The van der Waals surface area contributed by atoms with E-state index >= 15 is 0 Å². The van der Waals surface area contributed by atoms with Crippen LogP contribution in [-0.4, -0.2) is 43.4 Å². The van der Waals surface area contributed by atoms with Crippen LogP contribution in [0, 0.1) is 0 Å². The summed E-state index contributed by atoms with van der Waals surface area (Å²) in [4.78, 5) is 11.6. The summed E-state index contributed by atoms with van der Waals surface area (Å²) >= 11 is 0. The fourth-order valence-corrected chi connectivity index (χ4v) is 1.55. The second-order valence-corrected chi connectivity index (χ2v) is 4.39. The van der Waals surface area contributed by atoms with Gasteiger partial charge in [0.25, 0.3) is 0 Å². The number of anilines is 1. The number of Topliss-reactive ketones (excluding diaryl/α,β-unsaturated/α-hetero) is 1. The molecule has 0 saturated heterocycles. The summed E-state index contributed by atoms with van der Waals surface area (Å²) in [5.41, 5.74) is 4.47. The van der Waals surface area contributed by atoms with Gasteiger partial charge in [0.15, 0.2) is 5.78 Å². The second-order valence-electron chi connectivity index (χ2n) is 4.39. The van der Waals surface area contributed by atoms with Crippen molar-refractivity contribution >= 4 is 22.9 Å². The van der Waals surface area contributed by atoms with Gasteiger partial charge in [-0.1, -0.05) is 0 Å². The smallest absolute Gasteiger partial charge is 0.181 e. The molecule has 0 heterocycles. The van der Waals surface area contributed by atoms with Gasteiger partial charge in [0.05, 0.1) is 18.5 Å². The van der Waals surface area contributed by atoms with Gasteiger partial charge >= 0.3 is 0 Å². The number of ether oxygens (including phenoxy) is 1. The average Bonchev–Trinajstić information content (AvgIpc) is 2.38. The van der Waals surface area contributed by atoms with Gasteiger partial charge in [-0.05, 0) is 31.2 Å². The van der Waals surface area contributed by atoms with Crippen molar-refractivity contribution in [3.63, 3.8) is 0 Å². The zero-order valence-electron chi connectivity index (χ0n) is 12.5. The molecule has 1 aromatic rings. The number of benzene rings is 1. The Labute approximate surface area is 119 Å². The third-order valence-corrected chi connectivity index (χ3v) is 2.41. The number of methoxy groups -OCH3 is 1. The molecule has 0 spiro atoms. The number of carbonyl (C=O) groups is 1. The molecule has 1 aromatic carbocycles. The minimum atomic E-state index is -0.144. The lowest BCUT2D eigenvalue weighted by Gasteiger charge is -2.08. The van der Waals surface area contributed by atoms with E-state index < -0.39 is 0 Å². The van der Waals surface area contributed by atoms with Crippen LogP contribution in [0.25, 0.3) is 0 Å². The van der Waals surface area contributed by atoms with Crippen LogP contribution in [0.3, 0.4) is 0 Å². The topological polar surface area (TPSA) is 66.3 Å². The van der Waals surface area contributed by atoms with Gasteiger partial charge in [-0.25, -0.2) is 0 Å². The molecule has 0 unspecified atom stereocenters. The van der Waals surface area contributed by atoms with Crippen molar-refractivity contribution in [2.24, 2.45) is 10.2 Å². The predicted octanol–water partition coefficient (Wildman–Crippen LogP) is 1.99. The summed E-state index contributed by atoms with van der Waals surface area (Å²) < 4.78 is 5.07. The van der Waals surface area contributed by atoms with Gasteiger partial charge in [0.1, 0.15) is 11.5 Å². The van der Waals surface area contributed by atoms with E-state index in [1.807, 2.05) is 24.3 Å². The van der Waals surface area contributed by atoms with Crippen LogP contribution in [0.15, 0.2) is 34.5 Å². The van der Waals surface area contributed by atoms with Crippen LogP contribution < -0.4 is 10.2 Å². The molecule has 0 radical (unpaired) electrons. The fourth-order valence-electron chi connectivity index (χ4n) is 1.55. The maximum absolute atomic E-state index is 11.6. The van der Waals surface area contributed by atoms with Crippen molar-refractivity contribution in [3.05, 3.63) is 24.3 Å². The Kier molecular flexibility index (Phi) is 5.71. The number of nitrogens with one attached hydrogen (secondary N) is 1. The first-order chi connectivity index (χ1) is 9.43. The van der Waals surface area contributed by atoms with E-state index in [1.165, 1.54) is 6.92 Å². The van der Waals surface area contributed by atoms with E-state index in [0.29, 0.717) is 11.4 Å². The zero-order valence-corrected chi connectivity index (χ0v) is 12.5. The van der Waals surface area contributed by atoms with Crippen molar-refractivity contribution in [2.45, 2.75) is 13.8 Å². The Bertz CT molecular complexity index is 518. The van der Waals surface area contributed by atoms with E-state index in [1.54, 1.807) is 33.1 Å². The SMILES string of the molecule is COc1ccc(N/N=C(/C(C)=O)C(C)=NN(C)C)cc1. The van der Waals surface area contributed by atoms with E-state index in [-0.39, 0.29) is 5.78 Å².